The van der Waals surface area contributed by atoms with Crippen LogP contribution in [0.15, 0.2) is 18.2 Å². The van der Waals surface area contributed by atoms with Crippen LogP contribution in [0.1, 0.15) is 18.4 Å². The molecule has 1 fully saturated rings. The average molecular weight is 282 g/mol. The van der Waals surface area contributed by atoms with Gasteiger partial charge in [-0.2, -0.15) is 0 Å². The molecule has 5 heteroatoms. The van der Waals surface area contributed by atoms with Gasteiger partial charge in [-0.1, -0.05) is 11.6 Å². The third kappa shape index (κ3) is 3.61. The minimum Gasteiger partial charge on any atom is -0.398 e. The topological polar surface area (TPSA) is 58.4 Å². The van der Waals surface area contributed by atoms with Crippen LogP contribution in [-0.4, -0.2) is 30.9 Å². The smallest absolute Gasteiger partial charge is 0.224 e. The fourth-order valence-electron chi connectivity index (χ4n) is 2.57. The zero-order valence-corrected chi connectivity index (χ0v) is 11.9. The summed E-state index contributed by atoms with van der Waals surface area (Å²) in [6.45, 7) is 2.53. The van der Waals surface area contributed by atoms with Gasteiger partial charge in [0.15, 0.2) is 0 Å². The summed E-state index contributed by atoms with van der Waals surface area (Å²) < 4.78 is 0. The zero-order valence-electron chi connectivity index (χ0n) is 11.2. The van der Waals surface area contributed by atoms with E-state index in [9.17, 15) is 4.79 Å². The number of rotatable bonds is 3. The van der Waals surface area contributed by atoms with Crippen LogP contribution in [0.25, 0.3) is 0 Å². The number of halogens is 1. The van der Waals surface area contributed by atoms with Gasteiger partial charge in [-0.05, 0) is 43.1 Å². The van der Waals surface area contributed by atoms with E-state index >= 15 is 0 Å². The van der Waals surface area contributed by atoms with Crippen LogP contribution in [0, 0.1) is 5.92 Å². The van der Waals surface area contributed by atoms with Crippen molar-refractivity contribution >= 4 is 23.2 Å². The fourth-order valence-corrected chi connectivity index (χ4v) is 2.76. The number of likely N-dealkylation sites (tertiary alicyclic amines) is 1. The second kappa shape index (κ2) is 6.26. The Kier molecular flexibility index (Phi) is 4.66. The van der Waals surface area contributed by atoms with Crippen molar-refractivity contribution in [2.24, 2.45) is 5.92 Å². The van der Waals surface area contributed by atoms with Crippen LogP contribution in [0.5, 0.6) is 0 Å². The summed E-state index contributed by atoms with van der Waals surface area (Å²) in [6, 6.07) is 5.53. The summed E-state index contributed by atoms with van der Waals surface area (Å²) >= 11 is 6.00. The number of nitrogen functional groups attached to an aromatic ring is 1. The monoisotopic (exact) mass is 281 g/mol. The number of piperidine rings is 1. The second-order valence-electron chi connectivity index (χ2n) is 5.03. The van der Waals surface area contributed by atoms with Gasteiger partial charge in [-0.15, -0.1) is 0 Å². The van der Waals surface area contributed by atoms with Crippen molar-refractivity contribution in [3.63, 3.8) is 0 Å². The van der Waals surface area contributed by atoms with E-state index in [1.807, 2.05) is 12.1 Å². The quantitative estimate of drug-likeness (QED) is 0.832. The maximum atomic E-state index is 11.7. The molecule has 1 unspecified atom stereocenters. The molecular weight excluding hydrogens is 262 g/mol. The molecule has 1 aromatic rings. The predicted molar refractivity (Wildman–Crippen MR) is 77.9 cm³/mol. The zero-order chi connectivity index (χ0) is 13.8. The van der Waals surface area contributed by atoms with Crippen molar-refractivity contribution in [2.75, 3.05) is 25.9 Å². The Morgan fingerprint density at radius 3 is 3.11 bits per heavy atom. The van der Waals surface area contributed by atoms with E-state index in [0.29, 0.717) is 5.02 Å². The minimum atomic E-state index is 0.0826. The van der Waals surface area contributed by atoms with Gasteiger partial charge >= 0.3 is 0 Å². The molecule has 1 amide bonds. The van der Waals surface area contributed by atoms with Crippen LogP contribution in [-0.2, 0) is 11.3 Å². The summed E-state index contributed by atoms with van der Waals surface area (Å²) in [5, 5.41) is 3.43. The molecule has 4 nitrogen and oxygen atoms in total. The number of nitrogens with one attached hydrogen (secondary N) is 1. The van der Waals surface area contributed by atoms with Crippen molar-refractivity contribution in [3.8, 4) is 0 Å². The number of carbonyl (C=O) groups is 1. The van der Waals surface area contributed by atoms with E-state index in [0.717, 1.165) is 43.7 Å². The number of nitrogens with two attached hydrogens (primary N) is 1. The van der Waals surface area contributed by atoms with Crippen LogP contribution < -0.4 is 11.1 Å². The first-order valence-electron chi connectivity index (χ1n) is 6.58. The lowest BCUT2D eigenvalue weighted by atomic mass is 9.96. The summed E-state index contributed by atoms with van der Waals surface area (Å²) in [5.41, 5.74) is 7.75. The molecule has 0 aromatic heterocycles. The molecule has 0 radical (unpaired) electrons. The molecule has 1 saturated heterocycles. The van der Waals surface area contributed by atoms with Crippen LogP contribution in [0.4, 0.5) is 5.69 Å². The van der Waals surface area contributed by atoms with E-state index in [1.165, 1.54) is 0 Å². The van der Waals surface area contributed by atoms with Gasteiger partial charge in [0, 0.05) is 30.8 Å². The first kappa shape index (κ1) is 14.2. The maximum absolute atomic E-state index is 11.7. The van der Waals surface area contributed by atoms with Gasteiger partial charge in [-0.3, -0.25) is 9.69 Å². The standard InChI is InChI=1S/C14H20ClN3O/c1-17-14(19)10-3-2-6-18(8-10)9-11-7-12(15)4-5-13(11)16/h4-5,7,10H,2-3,6,8-9,16H2,1H3,(H,17,19). The van der Waals surface area contributed by atoms with Crippen molar-refractivity contribution in [1.82, 2.24) is 10.2 Å². The van der Waals surface area contributed by atoms with E-state index < -0.39 is 0 Å². The minimum absolute atomic E-state index is 0.0826. The number of hydrogen-bond donors (Lipinski definition) is 2. The van der Waals surface area contributed by atoms with Gasteiger partial charge in [0.05, 0.1) is 5.92 Å². The van der Waals surface area contributed by atoms with Crippen molar-refractivity contribution in [2.45, 2.75) is 19.4 Å². The molecule has 1 atom stereocenters. The van der Waals surface area contributed by atoms with Gasteiger partial charge in [0.2, 0.25) is 5.91 Å². The number of nitrogens with zero attached hydrogens (tertiary/aromatic N) is 1. The number of hydrogen-bond acceptors (Lipinski definition) is 3. The highest BCUT2D eigenvalue weighted by Gasteiger charge is 2.25. The highest BCUT2D eigenvalue weighted by Crippen LogP contribution is 2.23. The Balaban J connectivity index is 2.02. The molecule has 19 heavy (non-hydrogen) atoms. The van der Waals surface area contributed by atoms with E-state index in [-0.39, 0.29) is 11.8 Å². The number of benzene rings is 1. The molecular formula is C14H20ClN3O. The first-order chi connectivity index (χ1) is 9.10. The molecule has 0 saturated carbocycles. The summed E-state index contributed by atoms with van der Waals surface area (Å²) in [7, 11) is 1.69. The highest BCUT2D eigenvalue weighted by atomic mass is 35.5. The maximum Gasteiger partial charge on any atom is 0.224 e. The molecule has 0 spiro atoms. The summed E-state index contributed by atoms with van der Waals surface area (Å²) in [6.07, 6.45) is 2.00. The number of amides is 1. The Morgan fingerprint density at radius 2 is 2.37 bits per heavy atom. The first-order valence-corrected chi connectivity index (χ1v) is 6.96. The molecule has 0 bridgehead atoms. The molecule has 1 aliphatic rings. The lowest BCUT2D eigenvalue weighted by molar-refractivity contribution is -0.126. The van der Waals surface area contributed by atoms with Crippen molar-refractivity contribution in [3.05, 3.63) is 28.8 Å². The molecule has 1 aromatic carbocycles. The normalized spacial score (nSPS) is 20.2. The van der Waals surface area contributed by atoms with Gasteiger partial charge < -0.3 is 11.1 Å². The Bertz CT molecular complexity index is 464. The summed E-state index contributed by atoms with van der Waals surface area (Å²) in [5.74, 6) is 0.211. The molecule has 0 aliphatic carbocycles. The van der Waals surface area contributed by atoms with Crippen LogP contribution >= 0.6 is 11.6 Å². The molecule has 104 valence electrons. The lowest BCUT2D eigenvalue weighted by Gasteiger charge is -2.32. The SMILES string of the molecule is CNC(=O)C1CCCN(Cc2cc(Cl)ccc2N)C1. The van der Waals surface area contributed by atoms with E-state index in [2.05, 4.69) is 10.2 Å². The van der Waals surface area contributed by atoms with Crippen LogP contribution in [0.3, 0.4) is 0 Å². The molecule has 1 aliphatic heterocycles. The summed E-state index contributed by atoms with van der Waals surface area (Å²) in [4.78, 5) is 14.0. The Morgan fingerprint density at radius 1 is 1.58 bits per heavy atom. The second-order valence-corrected chi connectivity index (χ2v) is 5.47. The van der Waals surface area contributed by atoms with Crippen LogP contribution in [0.2, 0.25) is 5.02 Å². The van der Waals surface area contributed by atoms with E-state index in [1.54, 1.807) is 13.1 Å². The van der Waals surface area contributed by atoms with E-state index in [4.69, 9.17) is 17.3 Å². The average Bonchev–Trinajstić information content (AvgIpc) is 2.42. The lowest BCUT2D eigenvalue weighted by Crippen LogP contribution is -2.41. The Hall–Kier alpha value is -1.26. The highest BCUT2D eigenvalue weighted by molar-refractivity contribution is 6.30. The molecule has 1 heterocycles. The predicted octanol–water partition coefficient (Wildman–Crippen LogP) is 1.88. The van der Waals surface area contributed by atoms with Crippen molar-refractivity contribution < 1.29 is 4.79 Å². The Labute approximate surface area is 118 Å². The fraction of sp³-hybridized carbons (Fsp3) is 0.500. The van der Waals surface area contributed by atoms with Gasteiger partial charge in [0.1, 0.15) is 0 Å². The third-order valence-corrected chi connectivity index (χ3v) is 3.86. The van der Waals surface area contributed by atoms with Crippen molar-refractivity contribution in [1.29, 1.82) is 0 Å². The van der Waals surface area contributed by atoms with Gasteiger partial charge in [-0.25, -0.2) is 0 Å². The molecule has 3 N–H and O–H groups in total. The third-order valence-electron chi connectivity index (χ3n) is 3.62. The number of anilines is 1. The van der Waals surface area contributed by atoms with Gasteiger partial charge in [0.25, 0.3) is 0 Å². The number of carbonyl (C=O) groups excluding carboxylic acids is 1. The molecule has 2 rings (SSSR count). The largest absolute Gasteiger partial charge is 0.398 e.